The molecule has 1 aromatic heterocycles. The molecule has 0 aliphatic heterocycles. The quantitative estimate of drug-likeness (QED) is 0.587. The van der Waals surface area contributed by atoms with Gasteiger partial charge in [-0.25, -0.2) is 8.42 Å². The number of halogens is 3. The summed E-state index contributed by atoms with van der Waals surface area (Å²) in [6.07, 6.45) is -3.49. The molecule has 10 heteroatoms. The van der Waals surface area contributed by atoms with Gasteiger partial charge in [0.15, 0.2) is 0 Å². The third-order valence-electron chi connectivity index (χ3n) is 4.52. The Morgan fingerprint density at radius 3 is 2.26 bits per heavy atom. The molecule has 31 heavy (non-hydrogen) atoms. The smallest absolute Gasteiger partial charge is 0.417 e. The molecule has 6 nitrogen and oxygen atoms in total. The van der Waals surface area contributed by atoms with Gasteiger partial charge in [0.2, 0.25) is 10.0 Å². The molecule has 1 heterocycles. The Hall–Kier alpha value is -3.11. The van der Waals surface area contributed by atoms with Gasteiger partial charge in [0.1, 0.15) is 5.76 Å². The van der Waals surface area contributed by atoms with E-state index in [1.807, 2.05) is 0 Å². The van der Waals surface area contributed by atoms with Crippen LogP contribution in [0.4, 0.5) is 13.2 Å². The van der Waals surface area contributed by atoms with Crippen molar-refractivity contribution in [3.8, 4) is 0 Å². The maximum absolute atomic E-state index is 13.5. The van der Waals surface area contributed by atoms with Gasteiger partial charge in [-0.05, 0) is 42.0 Å². The zero-order valence-electron chi connectivity index (χ0n) is 16.4. The SMILES string of the molecule is CNC(=O)c1ccc(CN(Cc2ccco2)S(=O)(=O)c2ccccc2C(F)(F)F)cc1. The molecular weight excluding hydrogens is 433 g/mol. The maximum atomic E-state index is 13.5. The molecule has 0 aliphatic carbocycles. The number of carbonyl (C=O) groups excluding carboxylic acids is 1. The summed E-state index contributed by atoms with van der Waals surface area (Å²) in [6.45, 7) is -0.484. The number of hydrogen-bond acceptors (Lipinski definition) is 4. The van der Waals surface area contributed by atoms with E-state index in [1.165, 1.54) is 37.6 Å². The number of nitrogens with one attached hydrogen (secondary N) is 1. The van der Waals surface area contributed by atoms with Crippen molar-refractivity contribution in [2.75, 3.05) is 7.05 Å². The Kier molecular flexibility index (Phi) is 6.51. The molecule has 0 atom stereocenters. The fourth-order valence-electron chi connectivity index (χ4n) is 2.98. The lowest BCUT2D eigenvalue weighted by Crippen LogP contribution is -2.31. The topological polar surface area (TPSA) is 79.6 Å². The van der Waals surface area contributed by atoms with E-state index in [9.17, 15) is 26.4 Å². The van der Waals surface area contributed by atoms with E-state index < -0.39 is 26.7 Å². The van der Waals surface area contributed by atoms with Crippen LogP contribution in [0.15, 0.2) is 76.2 Å². The summed E-state index contributed by atoms with van der Waals surface area (Å²) in [5.74, 6) is -0.0410. The van der Waals surface area contributed by atoms with Crippen molar-refractivity contribution in [1.82, 2.24) is 9.62 Å². The highest BCUT2D eigenvalue weighted by Crippen LogP contribution is 2.35. The van der Waals surface area contributed by atoms with Crippen LogP contribution >= 0.6 is 0 Å². The Balaban J connectivity index is 2.00. The highest BCUT2D eigenvalue weighted by atomic mass is 32.2. The van der Waals surface area contributed by atoms with Crippen LogP contribution in [0, 0.1) is 0 Å². The summed E-state index contributed by atoms with van der Waals surface area (Å²) in [5.41, 5.74) is -0.379. The first-order chi connectivity index (χ1) is 14.6. The van der Waals surface area contributed by atoms with Crippen LogP contribution in [0.25, 0.3) is 0 Å². The molecule has 0 bridgehead atoms. The average Bonchev–Trinajstić information content (AvgIpc) is 3.26. The molecular formula is C21H19F3N2O4S. The number of alkyl halides is 3. The molecule has 0 unspecified atom stereocenters. The summed E-state index contributed by atoms with van der Waals surface area (Å²) < 4.78 is 73.0. The normalized spacial score (nSPS) is 12.2. The number of hydrogen-bond donors (Lipinski definition) is 1. The molecule has 0 fully saturated rings. The zero-order chi connectivity index (χ0) is 22.6. The Labute approximate surface area is 177 Å². The second kappa shape index (κ2) is 8.94. The summed E-state index contributed by atoms with van der Waals surface area (Å²) in [7, 11) is -3.07. The molecule has 0 saturated heterocycles. The van der Waals surface area contributed by atoms with Crippen LogP contribution in [-0.4, -0.2) is 25.7 Å². The first-order valence-corrected chi connectivity index (χ1v) is 10.6. The number of amides is 1. The molecule has 0 aliphatic rings. The number of rotatable bonds is 7. The van der Waals surface area contributed by atoms with Crippen LogP contribution in [-0.2, 0) is 29.3 Å². The van der Waals surface area contributed by atoms with E-state index in [2.05, 4.69) is 5.32 Å². The fourth-order valence-corrected chi connectivity index (χ4v) is 4.58. The lowest BCUT2D eigenvalue weighted by molar-refractivity contribution is -0.139. The molecule has 0 spiro atoms. The Bertz CT molecular complexity index is 1140. The van der Waals surface area contributed by atoms with Gasteiger partial charge in [0.25, 0.3) is 5.91 Å². The second-order valence-electron chi connectivity index (χ2n) is 6.62. The Morgan fingerprint density at radius 1 is 1.00 bits per heavy atom. The number of carbonyl (C=O) groups is 1. The van der Waals surface area contributed by atoms with Crippen molar-refractivity contribution in [3.63, 3.8) is 0 Å². The van der Waals surface area contributed by atoms with Gasteiger partial charge in [-0.1, -0.05) is 24.3 Å². The lowest BCUT2D eigenvalue weighted by Gasteiger charge is -2.23. The van der Waals surface area contributed by atoms with Gasteiger partial charge in [-0.3, -0.25) is 4.79 Å². The van der Waals surface area contributed by atoms with Crippen molar-refractivity contribution in [2.45, 2.75) is 24.2 Å². The van der Waals surface area contributed by atoms with E-state index in [4.69, 9.17) is 4.42 Å². The van der Waals surface area contributed by atoms with Gasteiger partial charge in [0, 0.05) is 19.2 Å². The predicted molar refractivity (Wildman–Crippen MR) is 106 cm³/mol. The van der Waals surface area contributed by atoms with Crippen LogP contribution in [0.5, 0.6) is 0 Å². The van der Waals surface area contributed by atoms with E-state index in [0.717, 1.165) is 22.5 Å². The predicted octanol–water partition coefficient (Wildman–Crippen LogP) is 4.05. The van der Waals surface area contributed by atoms with E-state index in [1.54, 1.807) is 18.2 Å². The van der Waals surface area contributed by atoms with E-state index >= 15 is 0 Å². The highest BCUT2D eigenvalue weighted by Gasteiger charge is 2.39. The molecule has 2 aromatic carbocycles. The summed E-state index contributed by atoms with van der Waals surface area (Å²) >= 11 is 0. The molecule has 0 saturated carbocycles. The Morgan fingerprint density at radius 2 is 1.68 bits per heavy atom. The number of nitrogens with zero attached hydrogens (tertiary/aromatic N) is 1. The first-order valence-electron chi connectivity index (χ1n) is 9.12. The van der Waals surface area contributed by atoms with Crippen molar-refractivity contribution < 1.29 is 30.8 Å². The number of sulfonamides is 1. The van der Waals surface area contributed by atoms with Gasteiger partial charge >= 0.3 is 6.18 Å². The maximum Gasteiger partial charge on any atom is 0.417 e. The van der Waals surface area contributed by atoms with Crippen molar-refractivity contribution in [1.29, 1.82) is 0 Å². The third-order valence-corrected chi connectivity index (χ3v) is 6.37. The van der Waals surface area contributed by atoms with Crippen LogP contribution in [0.2, 0.25) is 0 Å². The minimum Gasteiger partial charge on any atom is -0.468 e. The van der Waals surface area contributed by atoms with Gasteiger partial charge in [0.05, 0.1) is 23.3 Å². The van der Waals surface area contributed by atoms with Gasteiger partial charge in [-0.2, -0.15) is 17.5 Å². The molecule has 3 aromatic rings. The summed E-state index contributed by atoms with van der Waals surface area (Å²) in [5, 5.41) is 2.47. The van der Waals surface area contributed by atoms with E-state index in [-0.39, 0.29) is 24.8 Å². The summed E-state index contributed by atoms with van der Waals surface area (Å²) in [6, 6.07) is 13.2. The standard InChI is InChI=1S/C21H19F3N2O4S/c1-25-20(27)16-10-8-15(9-11-16)13-26(14-17-5-4-12-30-17)31(28,29)19-7-3-2-6-18(19)21(22,23)24/h2-12H,13-14H2,1H3,(H,25,27). The molecule has 164 valence electrons. The fraction of sp³-hybridized carbons (Fsp3) is 0.190. The molecule has 0 radical (unpaired) electrons. The van der Waals surface area contributed by atoms with Crippen LogP contribution in [0.3, 0.4) is 0 Å². The van der Waals surface area contributed by atoms with Crippen LogP contribution in [0.1, 0.15) is 27.2 Å². The molecule has 1 N–H and O–H groups in total. The average molecular weight is 452 g/mol. The first kappa shape index (κ1) is 22.6. The number of furan rings is 1. The van der Waals surface area contributed by atoms with E-state index in [0.29, 0.717) is 11.1 Å². The monoisotopic (exact) mass is 452 g/mol. The largest absolute Gasteiger partial charge is 0.468 e. The van der Waals surface area contributed by atoms with Crippen molar-refractivity contribution >= 4 is 15.9 Å². The molecule has 3 rings (SSSR count). The van der Waals surface area contributed by atoms with Crippen LogP contribution < -0.4 is 5.32 Å². The van der Waals surface area contributed by atoms with Crippen molar-refractivity contribution in [3.05, 3.63) is 89.4 Å². The lowest BCUT2D eigenvalue weighted by atomic mass is 10.1. The molecule has 1 amide bonds. The second-order valence-corrected chi connectivity index (χ2v) is 8.53. The highest BCUT2D eigenvalue weighted by molar-refractivity contribution is 7.89. The number of benzene rings is 2. The zero-order valence-corrected chi connectivity index (χ0v) is 17.2. The summed E-state index contributed by atoms with van der Waals surface area (Å²) in [4.78, 5) is 10.9. The van der Waals surface area contributed by atoms with Crippen molar-refractivity contribution in [2.24, 2.45) is 0 Å². The third kappa shape index (κ3) is 5.15. The minimum absolute atomic E-state index is 0.219. The van der Waals surface area contributed by atoms with Gasteiger partial charge in [-0.15, -0.1) is 0 Å². The minimum atomic E-state index is -4.84. The van der Waals surface area contributed by atoms with Gasteiger partial charge < -0.3 is 9.73 Å².